The van der Waals surface area contributed by atoms with Gasteiger partial charge in [0.05, 0.1) is 5.52 Å². The van der Waals surface area contributed by atoms with Gasteiger partial charge in [0, 0.05) is 42.0 Å². The highest BCUT2D eigenvalue weighted by atomic mass is 16.2. The van der Waals surface area contributed by atoms with Crippen LogP contribution in [0, 0.1) is 0 Å². The largest absolute Gasteiger partial charge is 0.341 e. The van der Waals surface area contributed by atoms with E-state index in [1.807, 2.05) is 30.3 Å². The van der Waals surface area contributed by atoms with Crippen molar-refractivity contribution in [3.63, 3.8) is 0 Å². The number of carbonyl (C=O) groups is 2. The molecular weight excluding hydrogens is 314 g/mol. The average molecular weight is 331 g/mol. The number of fused-ring (bicyclic) bond motifs is 2. The summed E-state index contributed by atoms with van der Waals surface area (Å²) in [5, 5.41) is 3.84. The number of nitrogens with one attached hydrogen (secondary N) is 1. The molecule has 0 fully saturated rings. The number of pyridine rings is 1. The fraction of sp³-hybridized carbons (Fsp3) is 0.150. The third-order valence-corrected chi connectivity index (χ3v) is 4.52. The number of anilines is 1. The van der Waals surface area contributed by atoms with E-state index in [1.165, 1.54) is 0 Å². The van der Waals surface area contributed by atoms with E-state index >= 15 is 0 Å². The molecule has 2 heterocycles. The summed E-state index contributed by atoms with van der Waals surface area (Å²) in [6.07, 6.45) is 2.52. The van der Waals surface area contributed by atoms with Gasteiger partial charge in [-0.05, 0) is 54.4 Å². The molecule has 1 aromatic heterocycles. The first-order valence-electron chi connectivity index (χ1n) is 8.16. The standard InChI is InChI=1S/C20H17N3O2/c1-23-10-8-13-12-16(5-6-17(13)20(23)25)22-19(24)15-4-7-18-14(11-15)3-2-9-21-18/h2-7,9,11-12H,8,10H2,1H3,(H,22,24). The maximum atomic E-state index is 12.5. The summed E-state index contributed by atoms with van der Waals surface area (Å²) >= 11 is 0. The van der Waals surface area contributed by atoms with Crippen molar-refractivity contribution in [2.45, 2.75) is 6.42 Å². The zero-order valence-electron chi connectivity index (χ0n) is 13.8. The first kappa shape index (κ1) is 15.3. The molecule has 1 aliphatic heterocycles. The Labute approximate surface area is 145 Å². The molecule has 2 amide bonds. The van der Waals surface area contributed by atoms with Gasteiger partial charge in [0.1, 0.15) is 0 Å². The van der Waals surface area contributed by atoms with Crippen molar-refractivity contribution in [2.75, 3.05) is 18.9 Å². The summed E-state index contributed by atoms with van der Waals surface area (Å²) in [6.45, 7) is 0.695. The van der Waals surface area contributed by atoms with Gasteiger partial charge in [0.25, 0.3) is 11.8 Å². The highest BCUT2D eigenvalue weighted by Crippen LogP contribution is 2.23. The molecule has 0 saturated carbocycles. The van der Waals surface area contributed by atoms with E-state index in [9.17, 15) is 9.59 Å². The molecule has 1 aliphatic rings. The first-order chi connectivity index (χ1) is 12.1. The van der Waals surface area contributed by atoms with Crippen LogP contribution in [-0.4, -0.2) is 35.3 Å². The van der Waals surface area contributed by atoms with Gasteiger partial charge >= 0.3 is 0 Å². The molecule has 124 valence electrons. The Morgan fingerprint density at radius 3 is 2.92 bits per heavy atom. The molecule has 5 nitrogen and oxygen atoms in total. The van der Waals surface area contributed by atoms with Crippen molar-refractivity contribution in [2.24, 2.45) is 0 Å². The van der Waals surface area contributed by atoms with Crippen molar-refractivity contribution in [3.8, 4) is 0 Å². The van der Waals surface area contributed by atoms with Crippen LogP contribution < -0.4 is 5.32 Å². The van der Waals surface area contributed by atoms with Crippen molar-refractivity contribution >= 4 is 28.4 Å². The Bertz CT molecular complexity index is 997. The van der Waals surface area contributed by atoms with Gasteiger partial charge in [-0.2, -0.15) is 0 Å². The minimum atomic E-state index is -0.176. The summed E-state index contributed by atoms with van der Waals surface area (Å²) in [5.41, 5.74) is 3.82. The van der Waals surface area contributed by atoms with E-state index in [0.717, 1.165) is 22.9 Å². The lowest BCUT2D eigenvalue weighted by Crippen LogP contribution is -2.34. The van der Waals surface area contributed by atoms with E-state index in [2.05, 4.69) is 10.3 Å². The van der Waals surface area contributed by atoms with Crippen LogP contribution in [0.4, 0.5) is 5.69 Å². The third-order valence-electron chi connectivity index (χ3n) is 4.52. The Hall–Kier alpha value is -3.21. The van der Waals surface area contributed by atoms with Crippen LogP contribution >= 0.6 is 0 Å². The zero-order valence-corrected chi connectivity index (χ0v) is 13.8. The number of aromatic nitrogens is 1. The van der Waals surface area contributed by atoms with Crippen LogP contribution in [0.3, 0.4) is 0 Å². The second kappa shape index (κ2) is 6.02. The molecular formula is C20H17N3O2. The molecule has 0 unspecified atom stereocenters. The number of likely N-dealkylation sites (N-methyl/N-ethyl adjacent to an activating group) is 1. The van der Waals surface area contributed by atoms with E-state index in [1.54, 1.807) is 36.3 Å². The molecule has 0 saturated heterocycles. The molecule has 2 aromatic carbocycles. The van der Waals surface area contributed by atoms with Gasteiger partial charge in [-0.25, -0.2) is 0 Å². The number of nitrogens with zero attached hydrogens (tertiary/aromatic N) is 2. The van der Waals surface area contributed by atoms with Crippen molar-refractivity contribution < 1.29 is 9.59 Å². The lowest BCUT2D eigenvalue weighted by Gasteiger charge is -2.25. The normalized spacial score (nSPS) is 13.6. The predicted octanol–water partition coefficient (Wildman–Crippen LogP) is 3.12. The second-order valence-corrected chi connectivity index (χ2v) is 6.21. The molecule has 0 bridgehead atoms. The minimum Gasteiger partial charge on any atom is -0.341 e. The van der Waals surface area contributed by atoms with Gasteiger partial charge in [-0.3, -0.25) is 14.6 Å². The van der Waals surface area contributed by atoms with Crippen molar-refractivity contribution in [1.29, 1.82) is 0 Å². The number of hydrogen-bond acceptors (Lipinski definition) is 3. The van der Waals surface area contributed by atoms with Crippen molar-refractivity contribution in [3.05, 3.63) is 71.4 Å². The summed E-state index contributed by atoms with van der Waals surface area (Å²) in [5.74, 6) is -0.147. The van der Waals surface area contributed by atoms with Gasteiger partial charge in [0.15, 0.2) is 0 Å². The summed E-state index contributed by atoms with van der Waals surface area (Å²) in [6, 6.07) is 14.7. The van der Waals surface area contributed by atoms with Crippen molar-refractivity contribution in [1.82, 2.24) is 9.88 Å². The molecule has 0 spiro atoms. The number of rotatable bonds is 2. The molecule has 0 aliphatic carbocycles. The maximum Gasteiger partial charge on any atom is 0.255 e. The molecule has 4 rings (SSSR count). The van der Waals surface area contributed by atoms with Gasteiger partial charge in [-0.15, -0.1) is 0 Å². The lowest BCUT2D eigenvalue weighted by molar-refractivity contribution is 0.0781. The fourth-order valence-electron chi connectivity index (χ4n) is 3.10. The predicted molar refractivity (Wildman–Crippen MR) is 96.8 cm³/mol. The highest BCUT2D eigenvalue weighted by molar-refractivity contribution is 6.06. The van der Waals surface area contributed by atoms with Crippen LogP contribution in [0.1, 0.15) is 26.3 Å². The molecule has 0 atom stereocenters. The van der Waals surface area contributed by atoms with Gasteiger partial charge < -0.3 is 10.2 Å². The van der Waals surface area contributed by atoms with Crippen LogP contribution in [0.5, 0.6) is 0 Å². The second-order valence-electron chi connectivity index (χ2n) is 6.21. The number of hydrogen-bond donors (Lipinski definition) is 1. The van der Waals surface area contributed by atoms with E-state index in [-0.39, 0.29) is 11.8 Å². The summed E-state index contributed by atoms with van der Waals surface area (Å²) in [7, 11) is 1.80. The highest BCUT2D eigenvalue weighted by Gasteiger charge is 2.21. The number of amides is 2. The van der Waals surface area contributed by atoms with E-state index < -0.39 is 0 Å². The summed E-state index contributed by atoms with van der Waals surface area (Å²) < 4.78 is 0. The quantitative estimate of drug-likeness (QED) is 0.785. The van der Waals surface area contributed by atoms with Crippen LogP contribution in [-0.2, 0) is 6.42 Å². The van der Waals surface area contributed by atoms with Crippen LogP contribution in [0.25, 0.3) is 10.9 Å². The van der Waals surface area contributed by atoms with Crippen LogP contribution in [0.2, 0.25) is 0 Å². The van der Waals surface area contributed by atoms with Gasteiger partial charge in [0.2, 0.25) is 0 Å². The monoisotopic (exact) mass is 331 g/mol. The van der Waals surface area contributed by atoms with E-state index in [0.29, 0.717) is 23.4 Å². The number of carbonyl (C=O) groups excluding carboxylic acids is 2. The van der Waals surface area contributed by atoms with E-state index in [4.69, 9.17) is 0 Å². The Kier molecular flexibility index (Phi) is 3.69. The third kappa shape index (κ3) is 2.85. The maximum absolute atomic E-state index is 12.5. The Morgan fingerprint density at radius 2 is 2.04 bits per heavy atom. The molecule has 1 N–H and O–H groups in total. The average Bonchev–Trinajstić information content (AvgIpc) is 2.64. The Morgan fingerprint density at radius 1 is 1.16 bits per heavy atom. The van der Waals surface area contributed by atoms with Crippen LogP contribution in [0.15, 0.2) is 54.7 Å². The zero-order chi connectivity index (χ0) is 17.4. The molecule has 5 heteroatoms. The smallest absolute Gasteiger partial charge is 0.255 e. The molecule has 3 aromatic rings. The topological polar surface area (TPSA) is 62.3 Å². The summed E-state index contributed by atoms with van der Waals surface area (Å²) in [4.78, 5) is 30.6. The number of benzene rings is 2. The molecule has 25 heavy (non-hydrogen) atoms. The SMILES string of the molecule is CN1CCc2cc(NC(=O)c3ccc4ncccc4c3)ccc2C1=O. The lowest BCUT2D eigenvalue weighted by atomic mass is 9.98. The van der Waals surface area contributed by atoms with Gasteiger partial charge in [-0.1, -0.05) is 6.07 Å². The first-order valence-corrected chi connectivity index (χ1v) is 8.16. The molecule has 0 radical (unpaired) electrons. The fourth-order valence-corrected chi connectivity index (χ4v) is 3.10. The minimum absolute atomic E-state index is 0.0288. The Balaban J connectivity index is 1.59.